The van der Waals surface area contributed by atoms with Crippen molar-refractivity contribution < 1.29 is 4.79 Å². The topological polar surface area (TPSA) is 67.2 Å². The molecule has 2 amide bonds. The standard InChI is InChI=1S/C29H32N4O2/c1-6-22-15-8-11-18-25(22)33-27(30-24-17-10-9-16-23(24)28(33)34)21(5)32(7-2)29(35)31-26-19(3)13-12-14-20(26)4/h8-18,21H,6-7H2,1-5H3,(H,31,35). The highest BCUT2D eigenvalue weighted by atomic mass is 16.2. The van der Waals surface area contributed by atoms with Gasteiger partial charge in [-0.1, -0.05) is 55.5 Å². The molecule has 0 aliphatic carbocycles. The Morgan fingerprint density at radius 3 is 2.31 bits per heavy atom. The lowest BCUT2D eigenvalue weighted by Crippen LogP contribution is -2.40. The molecule has 1 N–H and O–H groups in total. The zero-order valence-electron chi connectivity index (χ0n) is 21.0. The van der Waals surface area contributed by atoms with Crippen LogP contribution in [-0.4, -0.2) is 27.0 Å². The lowest BCUT2D eigenvalue weighted by atomic mass is 10.1. The first-order valence-corrected chi connectivity index (χ1v) is 12.1. The fourth-order valence-electron chi connectivity index (χ4n) is 4.61. The summed E-state index contributed by atoms with van der Waals surface area (Å²) in [4.78, 5) is 33.9. The fraction of sp³-hybridized carbons (Fsp3) is 0.276. The number of aryl methyl sites for hydroxylation is 3. The molecule has 6 heteroatoms. The summed E-state index contributed by atoms with van der Waals surface area (Å²) in [5.74, 6) is 0.535. The van der Waals surface area contributed by atoms with Crippen LogP contribution in [0.25, 0.3) is 16.6 Å². The molecule has 0 fully saturated rings. The normalized spacial score (nSPS) is 11.9. The van der Waals surface area contributed by atoms with Crippen molar-refractivity contribution in [3.63, 3.8) is 0 Å². The van der Waals surface area contributed by atoms with Crippen LogP contribution < -0.4 is 10.9 Å². The van der Waals surface area contributed by atoms with Gasteiger partial charge in [-0.3, -0.25) is 9.36 Å². The molecule has 0 saturated heterocycles. The van der Waals surface area contributed by atoms with Crippen LogP contribution in [0.1, 0.15) is 49.3 Å². The van der Waals surface area contributed by atoms with E-state index in [0.29, 0.717) is 23.3 Å². The molecule has 1 heterocycles. The first-order valence-electron chi connectivity index (χ1n) is 12.1. The average molecular weight is 469 g/mol. The van der Waals surface area contributed by atoms with Crippen molar-refractivity contribution in [1.82, 2.24) is 14.5 Å². The molecular formula is C29H32N4O2. The second-order valence-corrected chi connectivity index (χ2v) is 8.77. The van der Waals surface area contributed by atoms with Gasteiger partial charge in [-0.2, -0.15) is 0 Å². The van der Waals surface area contributed by atoms with E-state index in [0.717, 1.165) is 34.5 Å². The van der Waals surface area contributed by atoms with Crippen LogP contribution in [0.5, 0.6) is 0 Å². The van der Waals surface area contributed by atoms with Crippen LogP contribution in [-0.2, 0) is 6.42 Å². The van der Waals surface area contributed by atoms with E-state index in [1.54, 1.807) is 15.5 Å². The minimum atomic E-state index is -0.452. The molecule has 0 radical (unpaired) electrons. The van der Waals surface area contributed by atoms with Gasteiger partial charge >= 0.3 is 6.03 Å². The number of aromatic nitrogens is 2. The number of carbonyl (C=O) groups excluding carboxylic acids is 1. The highest BCUT2D eigenvalue weighted by Gasteiger charge is 2.27. The number of urea groups is 1. The van der Waals surface area contributed by atoms with Crippen molar-refractivity contribution in [3.05, 3.63) is 99.6 Å². The Labute approximate surface area is 206 Å². The van der Waals surface area contributed by atoms with Gasteiger partial charge < -0.3 is 10.2 Å². The van der Waals surface area contributed by atoms with Gasteiger partial charge in [0, 0.05) is 12.2 Å². The molecule has 1 atom stereocenters. The van der Waals surface area contributed by atoms with E-state index in [9.17, 15) is 9.59 Å². The molecule has 0 bridgehead atoms. The maximum atomic E-state index is 13.8. The van der Waals surface area contributed by atoms with E-state index in [-0.39, 0.29) is 11.6 Å². The van der Waals surface area contributed by atoms with Gasteiger partial charge in [0.2, 0.25) is 0 Å². The van der Waals surface area contributed by atoms with Gasteiger partial charge in [0.1, 0.15) is 5.82 Å². The van der Waals surface area contributed by atoms with Gasteiger partial charge in [-0.15, -0.1) is 0 Å². The zero-order valence-corrected chi connectivity index (χ0v) is 21.0. The predicted molar refractivity (Wildman–Crippen MR) is 142 cm³/mol. The smallest absolute Gasteiger partial charge is 0.315 e. The lowest BCUT2D eigenvalue weighted by Gasteiger charge is -2.30. The predicted octanol–water partition coefficient (Wildman–Crippen LogP) is 6.18. The Bertz CT molecular complexity index is 1420. The Morgan fingerprint density at radius 1 is 0.971 bits per heavy atom. The molecule has 4 aromatic rings. The van der Waals surface area contributed by atoms with Crippen LogP contribution in [0.3, 0.4) is 0 Å². The maximum Gasteiger partial charge on any atom is 0.322 e. The summed E-state index contributed by atoms with van der Waals surface area (Å²) >= 11 is 0. The second-order valence-electron chi connectivity index (χ2n) is 8.77. The molecule has 0 aliphatic rings. The highest BCUT2D eigenvalue weighted by molar-refractivity contribution is 5.91. The van der Waals surface area contributed by atoms with E-state index in [1.165, 1.54) is 0 Å². The molecule has 35 heavy (non-hydrogen) atoms. The number of hydrogen-bond donors (Lipinski definition) is 1. The van der Waals surface area contributed by atoms with E-state index >= 15 is 0 Å². The summed E-state index contributed by atoms with van der Waals surface area (Å²) < 4.78 is 1.68. The van der Waals surface area contributed by atoms with E-state index < -0.39 is 6.04 Å². The summed E-state index contributed by atoms with van der Waals surface area (Å²) in [5.41, 5.74) is 5.14. The van der Waals surface area contributed by atoms with Crippen LogP contribution >= 0.6 is 0 Å². The number of carbonyl (C=O) groups is 1. The summed E-state index contributed by atoms with van der Waals surface area (Å²) in [7, 11) is 0. The molecule has 0 saturated carbocycles. The van der Waals surface area contributed by atoms with E-state index in [1.807, 2.05) is 88.4 Å². The SMILES string of the molecule is CCc1ccccc1-n1c(C(C)N(CC)C(=O)Nc2c(C)cccc2C)nc2ccccc2c1=O. The van der Waals surface area contributed by atoms with Crippen molar-refractivity contribution in [2.45, 2.75) is 47.1 Å². The average Bonchev–Trinajstić information content (AvgIpc) is 2.86. The minimum Gasteiger partial charge on any atom is -0.315 e. The van der Waals surface area contributed by atoms with Crippen molar-refractivity contribution in [2.24, 2.45) is 0 Å². The molecule has 6 nitrogen and oxygen atoms in total. The summed E-state index contributed by atoms with van der Waals surface area (Å²) in [6.45, 7) is 10.3. The fourth-order valence-corrected chi connectivity index (χ4v) is 4.61. The Kier molecular flexibility index (Phi) is 7.01. The summed E-state index contributed by atoms with van der Waals surface area (Å²) in [6, 6.07) is 20.5. The van der Waals surface area contributed by atoms with Crippen molar-refractivity contribution >= 4 is 22.6 Å². The summed E-state index contributed by atoms with van der Waals surface area (Å²) in [6.07, 6.45) is 0.772. The van der Waals surface area contributed by atoms with Gasteiger partial charge in [-0.05, 0) is 69.0 Å². The number of amides is 2. The summed E-state index contributed by atoms with van der Waals surface area (Å²) in [5, 5.41) is 3.64. The number of nitrogens with one attached hydrogen (secondary N) is 1. The van der Waals surface area contributed by atoms with Crippen molar-refractivity contribution in [3.8, 4) is 5.69 Å². The van der Waals surface area contributed by atoms with Crippen LogP contribution in [0.15, 0.2) is 71.5 Å². The van der Waals surface area contributed by atoms with Gasteiger partial charge in [0.15, 0.2) is 0 Å². The first kappa shape index (κ1) is 24.2. The molecule has 1 unspecified atom stereocenters. The quantitative estimate of drug-likeness (QED) is 0.367. The van der Waals surface area contributed by atoms with E-state index in [4.69, 9.17) is 4.98 Å². The molecule has 0 aliphatic heterocycles. The third-order valence-corrected chi connectivity index (χ3v) is 6.57. The van der Waals surface area contributed by atoms with Gasteiger partial charge in [0.25, 0.3) is 5.56 Å². The number of nitrogens with zero attached hydrogens (tertiary/aromatic N) is 3. The lowest BCUT2D eigenvalue weighted by molar-refractivity contribution is 0.193. The molecule has 0 spiro atoms. The van der Waals surface area contributed by atoms with Gasteiger partial charge in [0.05, 0.1) is 22.6 Å². The Balaban J connectivity index is 1.86. The van der Waals surface area contributed by atoms with Crippen molar-refractivity contribution in [1.29, 1.82) is 0 Å². The maximum absolute atomic E-state index is 13.8. The molecule has 180 valence electrons. The number of anilines is 1. The minimum absolute atomic E-state index is 0.135. The number of para-hydroxylation sites is 3. The largest absolute Gasteiger partial charge is 0.322 e. The second kappa shape index (κ2) is 10.1. The molecular weight excluding hydrogens is 436 g/mol. The Hall–Kier alpha value is -3.93. The molecule has 1 aromatic heterocycles. The third kappa shape index (κ3) is 4.56. The van der Waals surface area contributed by atoms with Gasteiger partial charge in [-0.25, -0.2) is 9.78 Å². The third-order valence-electron chi connectivity index (χ3n) is 6.57. The van der Waals surface area contributed by atoms with Crippen LogP contribution in [0, 0.1) is 13.8 Å². The van der Waals surface area contributed by atoms with Crippen molar-refractivity contribution in [2.75, 3.05) is 11.9 Å². The van der Waals surface area contributed by atoms with Crippen LogP contribution in [0.2, 0.25) is 0 Å². The van der Waals surface area contributed by atoms with Crippen LogP contribution in [0.4, 0.5) is 10.5 Å². The number of hydrogen-bond acceptors (Lipinski definition) is 3. The first-order chi connectivity index (χ1) is 16.9. The van der Waals surface area contributed by atoms with E-state index in [2.05, 4.69) is 12.2 Å². The Morgan fingerprint density at radius 2 is 1.63 bits per heavy atom. The molecule has 4 rings (SSSR count). The molecule has 3 aromatic carbocycles. The number of fused-ring (bicyclic) bond motifs is 1. The number of rotatable bonds is 6. The monoisotopic (exact) mass is 468 g/mol. The highest BCUT2D eigenvalue weighted by Crippen LogP contribution is 2.26. The zero-order chi connectivity index (χ0) is 25.1. The number of benzene rings is 3.